The molecule has 0 fully saturated rings. The highest BCUT2D eigenvalue weighted by atomic mass is 19.1. The maximum atomic E-state index is 12.8. The molecule has 0 heterocycles. The van der Waals surface area contributed by atoms with Crippen molar-refractivity contribution < 1.29 is 13.9 Å². The van der Waals surface area contributed by atoms with Crippen molar-refractivity contribution in [3.8, 4) is 5.75 Å². The third-order valence-corrected chi connectivity index (χ3v) is 1.62. The van der Waals surface area contributed by atoms with Gasteiger partial charge in [-0.05, 0) is 23.7 Å². The normalized spacial score (nSPS) is 9.47. The molecule has 0 aliphatic heterocycles. The Morgan fingerprint density at radius 2 is 2.27 bits per heavy atom. The van der Waals surface area contributed by atoms with Gasteiger partial charge in [-0.2, -0.15) is 0 Å². The molecule has 0 spiro atoms. The third-order valence-electron chi connectivity index (χ3n) is 1.62. The van der Waals surface area contributed by atoms with Crippen LogP contribution in [0.25, 0.3) is 10.4 Å². The van der Waals surface area contributed by atoms with Gasteiger partial charge in [0, 0.05) is 12.0 Å². The van der Waals surface area contributed by atoms with Crippen molar-refractivity contribution in [2.24, 2.45) is 5.11 Å². The minimum absolute atomic E-state index is 0.133. The number of ether oxygens (including phenoxy) is 2. The fraction of sp³-hybridized carbons (Fsp3) is 0.333. The average Bonchev–Trinajstić information content (AvgIpc) is 2.22. The lowest BCUT2D eigenvalue weighted by Crippen LogP contribution is -2.04. The highest BCUT2D eigenvalue weighted by Gasteiger charge is 2.03. The molecule has 1 aromatic carbocycles. The van der Waals surface area contributed by atoms with Gasteiger partial charge in [-0.1, -0.05) is 5.11 Å². The van der Waals surface area contributed by atoms with E-state index in [1.807, 2.05) is 0 Å². The van der Waals surface area contributed by atoms with E-state index in [2.05, 4.69) is 10.0 Å². The summed E-state index contributed by atoms with van der Waals surface area (Å²) in [5.74, 6) is -0.136. The minimum Gasteiger partial charge on any atom is -0.491 e. The Balaban J connectivity index is 2.81. The second kappa shape index (κ2) is 5.85. The quantitative estimate of drug-likeness (QED) is 0.325. The van der Waals surface area contributed by atoms with Gasteiger partial charge < -0.3 is 9.47 Å². The molecular weight excluding hydrogens is 201 g/mol. The van der Waals surface area contributed by atoms with Crippen LogP contribution in [0.1, 0.15) is 0 Å². The van der Waals surface area contributed by atoms with Crippen molar-refractivity contribution >= 4 is 5.69 Å². The zero-order chi connectivity index (χ0) is 11.1. The molecule has 6 heteroatoms. The van der Waals surface area contributed by atoms with Crippen LogP contribution in [0.5, 0.6) is 5.75 Å². The summed E-state index contributed by atoms with van der Waals surface area (Å²) in [6.07, 6.45) is 0. The van der Waals surface area contributed by atoms with Gasteiger partial charge in [-0.3, -0.25) is 0 Å². The Kier molecular flexibility index (Phi) is 4.40. The van der Waals surface area contributed by atoms with Crippen LogP contribution < -0.4 is 4.74 Å². The van der Waals surface area contributed by atoms with Crippen LogP contribution in [-0.4, -0.2) is 20.3 Å². The molecule has 0 saturated heterocycles. The average molecular weight is 211 g/mol. The molecule has 0 radical (unpaired) electrons. The monoisotopic (exact) mass is 211 g/mol. The number of rotatable bonds is 5. The van der Waals surface area contributed by atoms with E-state index in [4.69, 9.17) is 15.0 Å². The first-order chi connectivity index (χ1) is 7.27. The summed E-state index contributed by atoms with van der Waals surface area (Å²) in [4.78, 5) is 2.58. The second-order valence-electron chi connectivity index (χ2n) is 2.64. The van der Waals surface area contributed by atoms with Crippen LogP contribution in [0.15, 0.2) is 23.3 Å². The number of halogens is 1. The molecule has 0 bridgehead atoms. The molecule has 0 N–H and O–H groups in total. The van der Waals surface area contributed by atoms with Crippen molar-refractivity contribution in [2.75, 3.05) is 20.3 Å². The van der Waals surface area contributed by atoms with Crippen LogP contribution in [-0.2, 0) is 4.74 Å². The Bertz CT molecular complexity index is 378. The van der Waals surface area contributed by atoms with E-state index in [-0.39, 0.29) is 5.69 Å². The van der Waals surface area contributed by atoms with E-state index in [1.165, 1.54) is 12.1 Å². The molecular formula is C9H10FN3O2. The summed E-state index contributed by atoms with van der Waals surface area (Å²) in [6, 6.07) is 3.76. The first-order valence-electron chi connectivity index (χ1n) is 4.24. The van der Waals surface area contributed by atoms with Gasteiger partial charge in [0.2, 0.25) is 0 Å². The predicted molar refractivity (Wildman–Crippen MR) is 52.6 cm³/mol. The molecule has 0 amide bonds. The van der Waals surface area contributed by atoms with E-state index in [9.17, 15) is 4.39 Å². The highest BCUT2D eigenvalue weighted by Crippen LogP contribution is 2.28. The van der Waals surface area contributed by atoms with Gasteiger partial charge in [0.1, 0.15) is 18.2 Å². The fourth-order valence-electron chi connectivity index (χ4n) is 0.974. The molecule has 80 valence electrons. The number of benzene rings is 1. The largest absolute Gasteiger partial charge is 0.491 e. The van der Waals surface area contributed by atoms with Crippen molar-refractivity contribution in [3.05, 3.63) is 34.5 Å². The molecule has 1 rings (SSSR count). The van der Waals surface area contributed by atoms with Crippen LogP contribution in [0.2, 0.25) is 0 Å². The maximum Gasteiger partial charge on any atom is 0.129 e. The molecule has 0 aliphatic carbocycles. The van der Waals surface area contributed by atoms with Crippen LogP contribution in [0, 0.1) is 5.82 Å². The van der Waals surface area contributed by atoms with E-state index in [0.717, 1.165) is 6.07 Å². The zero-order valence-corrected chi connectivity index (χ0v) is 8.18. The Hall–Kier alpha value is -1.78. The first-order valence-corrected chi connectivity index (χ1v) is 4.24. The van der Waals surface area contributed by atoms with Crippen molar-refractivity contribution in [3.63, 3.8) is 0 Å². The highest BCUT2D eigenvalue weighted by molar-refractivity contribution is 5.51. The molecule has 1 aromatic rings. The summed E-state index contributed by atoms with van der Waals surface area (Å²) in [5, 5.41) is 3.32. The number of hydrogen-bond acceptors (Lipinski definition) is 3. The minimum atomic E-state index is -0.475. The zero-order valence-electron chi connectivity index (χ0n) is 8.18. The Morgan fingerprint density at radius 1 is 1.47 bits per heavy atom. The SMILES string of the molecule is COCCOc1ccc(F)cc1N=[N+]=[N-]. The van der Waals surface area contributed by atoms with Crippen LogP contribution in [0.4, 0.5) is 10.1 Å². The molecule has 0 atom stereocenters. The van der Waals surface area contributed by atoms with Gasteiger partial charge in [-0.25, -0.2) is 4.39 Å². The third kappa shape index (κ3) is 3.46. The van der Waals surface area contributed by atoms with Gasteiger partial charge in [0.05, 0.1) is 12.3 Å². The Labute approximate surface area is 86.1 Å². The summed E-state index contributed by atoms with van der Waals surface area (Å²) in [5.41, 5.74) is 8.40. The molecule has 15 heavy (non-hydrogen) atoms. The molecule has 0 aromatic heterocycles. The molecule has 0 unspecified atom stereocenters. The number of nitrogens with zero attached hydrogens (tertiary/aromatic N) is 3. The molecule has 0 aliphatic rings. The van der Waals surface area contributed by atoms with Gasteiger partial charge in [0.15, 0.2) is 0 Å². The van der Waals surface area contributed by atoms with Crippen molar-refractivity contribution in [1.82, 2.24) is 0 Å². The van der Waals surface area contributed by atoms with E-state index < -0.39 is 5.82 Å². The smallest absolute Gasteiger partial charge is 0.129 e. The Morgan fingerprint density at radius 3 is 2.93 bits per heavy atom. The van der Waals surface area contributed by atoms with E-state index in [0.29, 0.717) is 19.0 Å². The van der Waals surface area contributed by atoms with Crippen LogP contribution >= 0.6 is 0 Å². The lowest BCUT2D eigenvalue weighted by molar-refractivity contribution is 0.146. The summed E-state index contributed by atoms with van der Waals surface area (Å²) < 4.78 is 22.8. The standard InChI is InChI=1S/C9H10FN3O2/c1-14-4-5-15-9-3-2-7(10)6-8(9)12-13-11/h2-3,6H,4-5H2,1H3. The van der Waals surface area contributed by atoms with Gasteiger partial charge in [0.25, 0.3) is 0 Å². The van der Waals surface area contributed by atoms with Crippen molar-refractivity contribution in [2.45, 2.75) is 0 Å². The van der Waals surface area contributed by atoms with Gasteiger partial charge in [-0.15, -0.1) is 0 Å². The summed E-state index contributed by atoms with van der Waals surface area (Å²) >= 11 is 0. The summed E-state index contributed by atoms with van der Waals surface area (Å²) in [6.45, 7) is 0.725. The molecule has 5 nitrogen and oxygen atoms in total. The van der Waals surface area contributed by atoms with Gasteiger partial charge >= 0.3 is 0 Å². The lowest BCUT2D eigenvalue weighted by atomic mass is 10.3. The van der Waals surface area contributed by atoms with Crippen molar-refractivity contribution in [1.29, 1.82) is 0 Å². The number of azide groups is 1. The topological polar surface area (TPSA) is 67.2 Å². The lowest BCUT2D eigenvalue weighted by Gasteiger charge is -2.07. The van der Waals surface area contributed by atoms with E-state index in [1.54, 1.807) is 7.11 Å². The first kappa shape index (κ1) is 11.3. The molecule has 0 saturated carbocycles. The second-order valence-corrected chi connectivity index (χ2v) is 2.64. The predicted octanol–water partition coefficient (Wildman–Crippen LogP) is 2.79. The summed E-state index contributed by atoms with van der Waals surface area (Å²) in [7, 11) is 1.54. The number of methoxy groups -OCH3 is 1. The fourth-order valence-corrected chi connectivity index (χ4v) is 0.974. The van der Waals surface area contributed by atoms with E-state index >= 15 is 0 Å². The number of hydrogen-bond donors (Lipinski definition) is 0. The van der Waals surface area contributed by atoms with Crippen LogP contribution in [0.3, 0.4) is 0 Å². The maximum absolute atomic E-state index is 12.8.